The van der Waals surface area contributed by atoms with Crippen molar-refractivity contribution in [3.05, 3.63) is 121 Å². The maximum Gasteiger partial charge on any atom is -0.0105 e. The predicted molar refractivity (Wildman–Crippen MR) is 182 cm³/mol. The van der Waals surface area contributed by atoms with Gasteiger partial charge < -0.3 is 0 Å². The quantitative estimate of drug-likeness (QED) is 0.141. The van der Waals surface area contributed by atoms with Gasteiger partial charge in [0.25, 0.3) is 0 Å². The first-order valence-corrected chi connectivity index (χ1v) is 13.6. The molecule has 0 heterocycles. The summed E-state index contributed by atoms with van der Waals surface area (Å²) in [5, 5.41) is 10.5. The molecule has 0 atom stereocenters. The molecule has 0 nitrogen and oxygen atoms in total. The Balaban J connectivity index is 0. The molecule has 0 unspecified atom stereocenters. The van der Waals surface area contributed by atoms with Crippen LogP contribution in [-0.4, -0.2) is 0 Å². The molecule has 0 heteroatoms. The highest BCUT2D eigenvalue weighted by Crippen LogP contribution is 2.24. The molecule has 0 bridgehead atoms. The van der Waals surface area contributed by atoms with Crippen molar-refractivity contribution in [1.82, 2.24) is 0 Å². The first-order chi connectivity index (χ1) is 17.9. The minimum absolute atomic E-state index is 0. The van der Waals surface area contributed by atoms with Crippen molar-refractivity contribution in [2.75, 3.05) is 0 Å². The highest BCUT2D eigenvalue weighted by atomic mass is 14.0. The summed E-state index contributed by atoms with van der Waals surface area (Å²) in [4.78, 5) is 0. The van der Waals surface area contributed by atoms with Crippen molar-refractivity contribution in [3.63, 3.8) is 0 Å². The van der Waals surface area contributed by atoms with Crippen LogP contribution in [0.1, 0.15) is 70.2 Å². The third kappa shape index (κ3) is 9.67. The summed E-state index contributed by atoms with van der Waals surface area (Å²) in [7, 11) is 0. The van der Waals surface area contributed by atoms with Crippen LogP contribution < -0.4 is 0 Å². The van der Waals surface area contributed by atoms with E-state index in [1.54, 1.807) is 0 Å². The fourth-order valence-corrected chi connectivity index (χ4v) is 3.84. The summed E-state index contributed by atoms with van der Waals surface area (Å²) in [6.45, 7) is 16.0. The Kier molecular flexibility index (Phi) is 20.6. The van der Waals surface area contributed by atoms with E-state index >= 15 is 0 Å². The summed E-state index contributed by atoms with van der Waals surface area (Å²) >= 11 is 0. The highest BCUT2D eigenvalue weighted by molar-refractivity contribution is 6.07. The van der Waals surface area contributed by atoms with Crippen LogP contribution in [0.25, 0.3) is 43.1 Å². The van der Waals surface area contributed by atoms with E-state index in [1.165, 1.54) is 43.1 Å². The van der Waals surface area contributed by atoms with Crippen LogP contribution in [-0.2, 0) is 0 Å². The average molecular weight is 509 g/mol. The van der Waals surface area contributed by atoms with E-state index < -0.39 is 0 Å². The lowest BCUT2D eigenvalue weighted by atomic mass is 10.0. The Bertz CT molecular complexity index is 1230. The molecule has 0 aromatic heterocycles. The van der Waals surface area contributed by atoms with Crippen LogP contribution >= 0.6 is 0 Å². The molecule has 0 saturated carbocycles. The molecule has 0 aliphatic heterocycles. The SMILES string of the molecule is C.C.CC.CC.CC.CC.c1ccc2c(c1)ccc1ccccc12.c1ccc2cc3ccccc3cc2c1. The molecular weight excluding hydrogens is 456 g/mol. The van der Waals surface area contributed by atoms with Gasteiger partial charge in [-0.15, -0.1) is 0 Å². The standard InChI is InChI=1S/2C14H10.4C2H6.2CH4/c1-3-7-13-11(5-1)9-10-12-6-2-4-8-14(12)13;1-2-6-12-10-14-8-4-3-7-13(14)9-11(12)5-1;4*1-2;;/h2*1-10H;4*1-2H3;2*1H4. The van der Waals surface area contributed by atoms with Crippen LogP contribution in [0.4, 0.5) is 0 Å². The molecule has 6 aromatic carbocycles. The second-order valence-corrected chi connectivity index (χ2v) is 7.05. The third-order valence-electron chi connectivity index (χ3n) is 5.27. The van der Waals surface area contributed by atoms with Gasteiger partial charge in [0.1, 0.15) is 0 Å². The number of hydrogen-bond donors (Lipinski definition) is 0. The second kappa shape index (κ2) is 21.4. The van der Waals surface area contributed by atoms with Gasteiger partial charge in [-0.25, -0.2) is 0 Å². The molecular formula is C38H52. The molecule has 204 valence electrons. The largest absolute Gasteiger partial charge is 0.0776 e. The summed E-state index contributed by atoms with van der Waals surface area (Å²) in [5.41, 5.74) is 0. The smallest absolute Gasteiger partial charge is 0.0105 e. The maximum absolute atomic E-state index is 2.24. The second-order valence-electron chi connectivity index (χ2n) is 7.05. The molecule has 0 aliphatic rings. The fraction of sp³-hybridized carbons (Fsp3) is 0.263. The molecule has 0 saturated heterocycles. The molecule has 0 aliphatic carbocycles. The summed E-state index contributed by atoms with van der Waals surface area (Å²) in [6.07, 6.45) is 0. The minimum atomic E-state index is 0. The van der Waals surface area contributed by atoms with Gasteiger partial charge in [0, 0.05) is 0 Å². The molecule has 0 fully saturated rings. The van der Waals surface area contributed by atoms with Crippen LogP contribution in [0, 0.1) is 0 Å². The monoisotopic (exact) mass is 508 g/mol. The summed E-state index contributed by atoms with van der Waals surface area (Å²) in [6, 6.07) is 42.8. The van der Waals surface area contributed by atoms with Gasteiger partial charge >= 0.3 is 0 Å². The van der Waals surface area contributed by atoms with Crippen molar-refractivity contribution < 1.29 is 0 Å². The Morgan fingerprint density at radius 1 is 0.263 bits per heavy atom. The van der Waals surface area contributed by atoms with Gasteiger partial charge in [-0.3, -0.25) is 0 Å². The van der Waals surface area contributed by atoms with Crippen molar-refractivity contribution in [3.8, 4) is 0 Å². The maximum atomic E-state index is 2.24. The molecule has 0 N–H and O–H groups in total. The summed E-state index contributed by atoms with van der Waals surface area (Å²) in [5.74, 6) is 0. The number of rotatable bonds is 0. The van der Waals surface area contributed by atoms with E-state index in [-0.39, 0.29) is 14.9 Å². The summed E-state index contributed by atoms with van der Waals surface area (Å²) < 4.78 is 0. The van der Waals surface area contributed by atoms with E-state index in [1.807, 2.05) is 55.4 Å². The molecule has 0 radical (unpaired) electrons. The molecule has 6 rings (SSSR count). The fourth-order valence-electron chi connectivity index (χ4n) is 3.84. The zero-order valence-electron chi connectivity index (χ0n) is 23.5. The first-order valence-electron chi connectivity index (χ1n) is 13.6. The van der Waals surface area contributed by atoms with Crippen LogP contribution in [0.5, 0.6) is 0 Å². The average Bonchev–Trinajstić information content (AvgIpc) is 3.00. The van der Waals surface area contributed by atoms with Gasteiger partial charge in [-0.1, -0.05) is 179 Å². The topological polar surface area (TPSA) is 0 Å². The van der Waals surface area contributed by atoms with Crippen molar-refractivity contribution in [1.29, 1.82) is 0 Å². The lowest BCUT2D eigenvalue weighted by Crippen LogP contribution is -1.75. The molecule has 38 heavy (non-hydrogen) atoms. The zero-order chi connectivity index (χ0) is 26.8. The van der Waals surface area contributed by atoms with Crippen molar-refractivity contribution in [2.24, 2.45) is 0 Å². The van der Waals surface area contributed by atoms with Gasteiger partial charge in [0.05, 0.1) is 0 Å². The van der Waals surface area contributed by atoms with Gasteiger partial charge in [-0.2, -0.15) is 0 Å². The number of fused-ring (bicyclic) bond motifs is 5. The van der Waals surface area contributed by atoms with Crippen molar-refractivity contribution >= 4 is 43.1 Å². The predicted octanol–water partition coefficient (Wildman–Crippen LogP) is 13.4. The van der Waals surface area contributed by atoms with E-state index in [9.17, 15) is 0 Å². The van der Waals surface area contributed by atoms with Crippen molar-refractivity contribution in [2.45, 2.75) is 70.2 Å². The van der Waals surface area contributed by atoms with Crippen LogP contribution in [0.3, 0.4) is 0 Å². The molecule has 0 spiro atoms. The lowest BCUT2D eigenvalue weighted by Gasteiger charge is -2.02. The van der Waals surface area contributed by atoms with Gasteiger partial charge in [0.2, 0.25) is 0 Å². The zero-order valence-corrected chi connectivity index (χ0v) is 23.5. The molecule has 0 amide bonds. The lowest BCUT2D eigenvalue weighted by molar-refractivity contribution is 1.50. The van der Waals surface area contributed by atoms with E-state index in [0.29, 0.717) is 0 Å². The van der Waals surface area contributed by atoms with Crippen LogP contribution in [0.15, 0.2) is 121 Å². The minimum Gasteiger partial charge on any atom is -0.0776 e. The third-order valence-corrected chi connectivity index (χ3v) is 5.27. The van der Waals surface area contributed by atoms with E-state index in [2.05, 4.69) is 121 Å². The Hall–Kier alpha value is -3.64. The number of benzene rings is 6. The van der Waals surface area contributed by atoms with Gasteiger partial charge in [0.15, 0.2) is 0 Å². The Morgan fingerprint density at radius 2 is 0.474 bits per heavy atom. The first kappa shape index (κ1) is 36.5. The normalized spacial score (nSPS) is 8.63. The van der Waals surface area contributed by atoms with Gasteiger partial charge in [-0.05, 0) is 55.2 Å². The highest BCUT2D eigenvalue weighted by Gasteiger charge is 1.97. The Morgan fingerprint density at radius 3 is 0.737 bits per heavy atom. The Labute approximate surface area is 234 Å². The van der Waals surface area contributed by atoms with E-state index in [0.717, 1.165) is 0 Å². The number of hydrogen-bond acceptors (Lipinski definition) is 0. The van der Waals surface area contributed by atoms with Crippen LogP contribution in [0.2, 0.25) is 0 Å². The molecule has 6 aromatic rings. The van der Waals surface area contributed by atoms with E-state index in [4.69, 9.17) is 0 Å².